The van der Waals surface area contributed by atoms with E-state index in [1.54, 1.807) is 0 Å². The fourth-order valence-electron chi connectivity index (χ4n) is 2.14. The van der Waals surface area contributed by atoms with Crippen molar-refractivity contribution in [1.82, 2.24) is 10.3 Å². The molecule has 3 heteroatoms. The average molecular weight is 270 g/mol. The van der Waals surface area contributed by atoms with Gasteiger partial charge in [-0.2, -0.15) is 0 Å². The molecule has 0 saturated heterocycles. The number of pyridine rings is 1. The van der Waals surface area contributed by atoms with E-state index in [0.717, 1.165) is 31.0 Å². The molecule has 106 valence electrons. The first kappa shape index (κ1) is 14.5. The lowest BCUT2D eigenvalue weighted by Gasteiger charge is -2.11. The summed E-state index contributed by atoms with van der Waals surface area (Å²) >= 11 is 0. The van der Waals surface area contributed by atoms with Gasteiger partial charge in [0.25, 0.3) is 0 Å². The van der Waals surface area contributed by atoms with E-state index in [2.05, 4.69) is 36.3 Å². The van der Waals surface area contributed by atoms with E-state index in [1.807, 2.05) is 31.2 Å². The van der Waals surface area contributed by atoms with Gasteiger partial charge < -0.3 is 10.1 Å². The first-order valence-corrected chi connectivity index (χ1v) is 7.17. The molecule has 0 aliphatic rings. The van der Waals surface area contributed by atoms with Gasteiger partial charge in [-0.15, -0.1) is 0 Å². The first-order chi connectivity index (χ1) is 9.72. The highest BCUT2D eigenvalue weighted by Crippen LogP contribution is 2.25. The lowest BCUT2D eigenvalue weighted by atomic mass is 10.1. The van der Waals surface area contributed by atoms with Crippen LogP contribution in [0, 0.1) is 6.92 Å². The summed E-state index contributed by atoms with van der Waals surface area (Å²) in [6, 6.07) is 12.2. The summed E-state index contributed by atoms with van der Waals surface area (Å²) in [6.07, 6.45) is 0.951. The van der Waals surface area contributed by atoms with E-state index in [-0.39, 0.29) is 0 Å². The maximum absolute atomic E-state index is 5.96. The molecule has 1 aromatic carbocycles. The van der Waals surface area contributed by atoms with E-state index in [1.165, 1.54) is 11.1 Å². The van der Waals surface area contributed by atoms with Crippen LogP contribution in [0.4, 0.5) is 0 Å². The zero-order chi connectivity index (χ0) is 14.4. The second-order valence-electron chi connectivity index (χ2n) is 4.80. The van der Waals surface area contributed by atoms with Crippen LogP contribution in [-0.2, 0) is 13.0 Å². The Labute approximate surface area is 121 Å². The molecule has 0 saturated carbocycles. The lowest BCUT2D eigenvalue weighted by Crippen LogP contribution is -2.12. The van der Waals surface area contributed by atoms with Crippen LogP contribution in [0.1, 0.15) is 30.7 Å². The smallest absolute Gasteiger partial charge is 0.219 e. The Morgan fingerprint density at radius 1 is 1.15 bits per heavy atom. The number of ether oxygens (including phenoxy) is 1. The molecule has 0 atom stereocenters. The van der Waals surface area contributed by atoms with Crippen molar-refractivity contribution in [3.63, 3.8) is 0 Å². The van der Waals surface area contributed by atoms with Crippen molar-refractivity contribution in [1.29, 1.82) is 0 Å². The van der Waals surface area contributed by atoms with Gasteiger partial charge in [0, 0.05) is 18.3 Å². The first-order valence-electron chi connectivity index (χ1n) is 7.17. The largest absolute Gasteiger partial charge is 0.439 e. The second-order valence-corrected chi connectivity index (χ2v) is 4.80. The lowest BCUT2D eigenvalue weighted by molar-refractivity contribution is 0.455. The van der Waals surface area contributed by atoms with Crippen LogP contribution >= 0.6 is 0 Å². The van der Waals surface area contributed by atoms with Gasteiger partial charge in [0.1, 0.15) is 5.75 Å². The minimum Gasteiger partial charge on any atom is -0.439 e. The summed E-state index contributed by atoms with van der Waals surface area (Å²) in [6.45, 7) is 8.02. The van der Waals surface area contributed by atoms with Gasteiger partial charge in [0.2, 0.25) is 5.88 Å². The second kappa shape index (κ2) is 7.06. The van der Waals surface area contributed by atoms with Gasteiger partial charge in [-0.1, -0.05) is 32.0 Å². The van der Waals surface area contributed by atoms with Crippen LogP contribution in [0.25, 0.3) is 0 Å². The quantitative estimate of drug-likeness (QED) is 0.865. The maximum Gasteiger partial charge on any atom is 0.219 e. The standard InChI is InChI=1S/C17H22N2O/c1-4-15-8-6-7-9-16(15)20-17-11-14(12-18-5-2)10-13(3)19-17/h6-11,18H,4-5,12H2,1-3H3. The zero-order valence-corrected chi connectivity index (χ0v) is 12.4. The van der Waals surface area contributed by atoms with Crippen molar-refractivity contribution in [2.75, 3.05) is 6.54 Å². The molecule has 0 fully saturated rings. The molecular formula is C17H22N2O. The molecule has 1 aromatic heterocycles. The number of aryl methyl sites for hydroxylation is 2. The molecule has 0 aliphatic carbocycles. The minimum absolute atomic E-state index is 0.666. The molecule has 0 bridgehead atoms. The fraction of sp³-hybridized carbons (Fsp3) is 0.353. The minimum atomic E-state index is 0.666. The monoisotopic (exact) mass is 270 g/mol. The Bertz CT molecular complexity index is 567. The number of nitrogens with zero attached hydrogens (tertiary/aromatic N) is 1. The highest BCUT2D eigenvalue weighted by Gasteiger charge is 2.06. The van der Waals surface area contributed by atoms with Crippen molar-refractivity contribution in [2.24, 2.45) is 0 Å². The van der Waals surface area contributed by atoms with E-state index in [9.17, 15) is 0 Å². The van der Waals surface area contributed by atoms with Crippen LogP contribution in [0.5, 0.6) is 11.6 Å². The summed E-state index contributed by atoms with van der Waals surface area (Å²) in [5.41, 5.74) is 3.37. The molecule has 0 amide bonds. The van der Waals surface area contributed by atoms with Crippen molar-refractivity contribution < 1.29 is 4.74 Å². The van der Waals surface area contributed by atoms with Crippen molar-refractivity contribution in [3.8, 4) is 11.6 Å². The Morgan fingerprint density at radius 2 is 1.95 bits per heavy atom. The number of aromatic nitrogens is 1. The van der Waals surface area contributed by atoms with Gasteiger partial charge >= 0.3 is 0 Å². The third-order valence-corrected chi connectivity index (χ3v) is 3.14. The molecule has 20 heavy (non-hydrogen) atoms. The summed E-state index contributed by atoms with van der Waals surface area (Å²) in [5, 5.41) is 3.32. The van der Waals surface area contributed by atoms with Gasteiger partial charge in [0.05, 0.1) is 0 Å². The zero-order valence-electron chi connectivity index (χ0n) is 12.4. The number of hydrogen-bond acceptors (Lipinski definition) is 3. The van der Waals surface area contributed by atoms with Gasteiger partial charge in [0.15, 0.2) is 0 Å². The molecule has 1 N–H and O–H groups in total. The molecule has 0 radical (unpaired) electrons. The van der Waals surface area contributed by atoms with Crippen molar-refractivity contribution in [2.45, 2.75) is 33.7 Å². The number of rotatable bonds is 6. The molecule has 0 unspecified atom stereocenters. The van der Waals surface area contributed by atoms with Gasteiger partial charge in [-0.3, -0.25) is 0 Å². The maximum atomic E-state index is 5.96. The third-order valence-electron chi connectivity index (χ3n) is 3.14. The average Bonchev–Trinajstić information content (AvgIpc) is 2.45. The third kappa shape index (κ3) is 3.81. The molecular weight excluding hydrogens is 248 g/mol. The predicted octanol–water partition coefficient (Wildman–Crippen LogP) is 3.85. The van der Waals surface area contributed by atoms with E-state index in [0.29, 0.717) is 5.88 Å². The highest BCUT2D eigenvalue weighted by atomic mass is 16.5. The van der Waals surface area contributed by atoms with Crippen LogP contribution < -0.4 is 10.1 Å². The van der Waals surface area contributed by atoms with Crippen LogP contribution in [0.2, 0.25) is 0 Å². The Balaban J connectivity index is 2.22. The number of para-hydroxylation sites is 1. The van der Waals surface area contributed by atoms with Crippen LogP contribution in [-0.4, -0.2) is 11.5 Å². The molecule has 0 spiro atoms. The van der Waals surface area contributed by atoms with E-state index >= 15 is 0 Å². The van der Waals surface area contributed by atoms with Crippen molar-refractivity contribution >= 4 is 0 Å². The summed E-state index contributed by atoms with van der Waals surface area (Å²) in [7, 11) is 0. The number of benzene rings is 1. The van der Waals surface area contributed by atoms with Crippen LogP contribution in [0.15, 0.2) is 36.4 Å². The number of hydrogen-bond donors (Lipinski definition) is 1. The summed E-state index contributed by atoms with van der Waals surface area (Å²) in [5.74, 6) is 1.56. The van der Waals surface area contributed by atoms with Crippen molar-refractivity contribution in [3.05, 3.63) is 53.2 Å². The number of nitrogens with one attached hydrogen (secondary N) is 1. The molecule has 1 heterocycles. The topological polar surface area (TPSA) is 34.2 Å². The normalized spacial score (nSPS) is 10.6. The fourth-order valence-corrected chi connectivity index (χ4v) is 2.14. The highest BCUT2D eigenvalue weighted by molar-refractivity contribution is 5.37. The Morgan fingerprint density at radius 3 is 2.70 bits per heavy atom. The van der Waals surface area contributed by atoms with Gasteiger partial charge in [-0.25, -0.2) is 4.98 Å². The molecule has 2 aromatic rings. The van der Waals surface area contributed by atoms with Crippen LogP contribution in [0.3, 0.4) is 0 Å². The Hall–Kier alpha value is -1.87. The molecule has 2 rings (SSSR count). The summed E-state index contributed by atoms with van der Waals surface area (Å²) < 4.78 is 5.96. The van der Waals surface area contributed by atoms with E-state index in [4.69, 9.17) is 4.74 Å². The SMILES string of the molecule is CCNCc1cc(C)nc(Oc2ccccc2CC)c1. The predicted molar refractivity (Wildman–Crippen MR) is 82.2 cm³/mol. The van der Waals surface area contributed by atoms with Gasteiger partial charge in [-0.05, 0) is 43.1 Å². The Kier molecular flexibility index (Phi) is 5.13. The van der Waals surface area contributed by atoms with E-state index < -0.39 is 0 Å². The molecule has 0 aliphatic heterocycles. The summed E-state index contributed by atoms with van der Waals surface area (Å²) in [4.78, 5) is 4.46. The molecule has 3 nitrogen and oxygen atoms in total.